The summed E-state index contributed by atoms with van der Waals surface area (Å²) in [5, 5.41) is 8.67. The van der Waals surface area contributed by atoms with E-state index in [1.807, 2.05) is 13.0 Å². The van der Waals surface area contributed by atoms with Crippen LogP contribution >= 0.6 is 0 Å². The smallest absolute Gasteiger partial charge is 0.0653 e. The van der Waals surface area contributed by atoms with E-state index in [4.69, 9.17) is 5.26 Å². The molecule has 0 amide bonds. The van der Waals surface area contributed by atoms with Crippen molar-refractivity contribution in [3.63, 3.8) is 0 Å². The van der Waals surface area contributed by atoms with E-state index in [1.165, 1.54) is 5.56 Å². The lowest BCUT2D eigenvalue weighted by Crippen LogP contribution is -2.20. The van der Waals surface area contributed by atoms with E-state index in [0.29, 0.717) is 0 Å². The lowest BCUT2D eigenvalue weighted by molar-refractivity contribution is 0.310. The normalized spacial score (nSPS) is 12.4. The van der Waals surface area contributed by atoms with Gasteiger partial charge in [0.25, 0.3) is 0 Å². The van der Waals surface area contributed by atoms with E-state index in [1.54, 1.807) is 0 Å². The minimum atomic E-state index is 0.156. The first-order valence-corrected chi connectivity index (χ1v) is 5.34. The highest BCUT2D eigenvalue weighted by atomic mass is 15.1. The molecule has 1 aromatic rings. The molecule has 0 bridgehead atoms. The quantitative estimate of drug-likeness (QED) is 0.734. The van der Waals surface area contributed by atoms with Crippen molar-refractivity contribution in [2.75, 3.05) is 13.6 Å². The molecule has 0 aliphatic rings. The molecule has 2 nitrogen and oxygen atoms in total. The number of nitriles is 1. The van der Waals surface area contributed by atoms with Crippen LogP contribution in [-0.4, -0.2) is 18.5 Å². The molecule has 0 fully saturated rings. The molecule has 0 aliphatic heterocycles. The topological polar surface area (TPSA) is 27.0 Å². The molecular formula is C13H18N2. The molecule has 0 spiro atoms. The lowest BCUT2D eigenvalue weighted by Gasteiger charge is -2.17. The van der Waals surface area contributed by atoms with Gasteiger partial charge in [0.2, 0.25) is 0 Å². The van der Waals surface area contributed by atoms with Crippen molar-refractivity contribution in [2.45, 2.75) is 19.9 Å². The fraction of sp³-hybridized carbons (Fsp3) is 0.462. The molecule has 0 radical (unpaired) electrons. The van der Waals surface area contributed by atoms with Crippen molar-refractivity contribution in [1.29, 1.82) is 5.26 Å². The zero-order chi connectivity index (χ0) is 11.1. The van der Waals surface area contributed by atoms with E-state index in [9.17, 15) is 0 Å². The molecule has 0 aliphatic carbocycles. The Morgan fingerprint density at radius 3 is 2.60 bits per heavy atom. The second-order valence-corrected chi connectivity index (χ2v) is 4.04. The molecule has 1 rings (SSSR count). The molecular weight excluding hydrogens is 184 g/mol. The van der Waals surface area contributed by atoms with Crippen molar-refractivity contribution < 1.29 is 0 Å². The molecule has 1 aromatic carbocycles. The van der Waals surface area contributed by atoms with Gasteiger partial charge in [0.15, 0.2) is 0 Å². The summed E-state index contributed by atoms with van der Waals surface area (Å²) in [7, 11) is 2.09. The molecule has 0 saturated carbocycles. The van der Waals surface area contributed by atoms with Gasteiger partial charge in [-0.2, -0.15) is 5.26 Å². The molecule has 2 heteroatoms. The first kappa shape index (κ1) is 11.7. The zero-order valence-electron chi connectivity index (χ0n) is 9.48. The van der Waals surface area contributed by atoms with Crippen LogP contribution < -0.4 is 0 Å². The number of nitrogens with zero attached hydrogens (tertiary/aromatic N) is 2. The van der Waals surface area contributed by atoms with Crippen LogP contribution in [0.1, 0.15) is 18.9 Å². The number of hydrogen-bond donors (Lipinski definition) is 0. The summed E-state index contributed by atoms with van der Waals surface area (Å²) in [6.45, 7) is 3.90. The van der Waals surface area contributed by atoms with Gasteiger partial charge in [-0.05, 0) is 32.5 Å². The molecule has 0 saturated heterocycles. The first-order valence-electron chi connectivity index (χ1n) is 5.34. The van der Waals surface area contributed by atoms with Gasteiger partial charge in [-0.3, -0.25) is 0 Å². The molecule has 0 N–H and O–H groups in total. The van der Waals surface area contributed by atoms with Crippen LogP contribution in [0.15, 0.2) is 30.3 Å². The van der Waals surface area contributed by atoms with Gasteiger partial charge >= 0.3 is 0 Å². The van der Waals surface area contributed by atoms with Crippen molar-refractivity contribution in [2.24, 2.45) is 5.92 Å². The average molecular weight is 202 g/mol. The van der Waals surface area contributed by atoms with E-state index < -0.39 is 0 Å². The standard InChI is InChI=1S/C13H18N2/c1-12(10-14)8-9-15(2)11-13-6-4-3-5-7-13/h3-7,12H,8-9,11H2,1-2H3. The molecule has 15 heavy (non-hydrogen) atoms. The third-order valence-corrected chi connectivity index (χ3v) is 2.46. The Morgan fingerprint density at radius 2 is 2.00 bits per heavy atom. The maximum Gasteiger partial charge on any atom is 0.0653 e. The minimum Gasteiger partial charge on any atom is -0.302 e. The van der Waals surface area contributed by atoms with Crippen LogP contribution in [0.4, 0.5) is 0 Å². The van der Waals surface area contributed by atoms with Crippen molar-refractivity contribution >= 4 is 0 Å². The lowest BCUT2D eigenvalue weighted by atomic mass is 10.1. The maximum atomic E-state index is 8.67. The SMILES string of the molecule is CC(C#N)CCN(C)Cc1ccccc1. The predicted molar refractivity (Wildman–Crippen MR) is 62.2 cm³/mol. The summed E-state index contributed by atoms with van der Waals surface area (Å²) in [4.78, 5) is 2.25. The Labute approximate surface area is 92.1 Å². The van der Waals surface area contributed by atoms with Crippen molar-refractivity contribution in [3.8, 4) is 6.07 Å². The molecule has 0 heterocycles. The summed E-state index contributed by atoms with van der Waals surface area (Å²) in [6.07, 6.45) is 0.944. The maximum absolute atomic E-state index is 8.67. The van der Waals surface area contributed by atoms with Gasteiger partial charge in [0.05, 0.1) is 6.07 Å². The third kappa shape index (κ3) is 4.62. The first-order chi connectivity index (χ1) is 7.22. The summed E-state index contributed by atoms with van der Waals surface area (Å²) >= 11 is 0. The van der Waals surface area contributed by atoms with Crippen LogP contribution in [0.2, 0.25) is 0 Å². The van der Waals surface area contributed by atoms with Crippen molar-refractivity contribution in [1.82, 2.24) is 4.90 Å². The Hall–Kier alpha value is -1.33. The zero-order valence-corrected chi connectivity index (χ0v) is 9.48. The highest BCUT2D eigenvalue weighted by molar-refractivity contribution is 5.14. The van der Waals surface area contributed by atoms with E-state index in [2.05, 4.69) is 42.3 Å². The Morgan fingerprint density at radius 1 is 1.33 bits per heavy atom. The highest BCUT2D eigenvalue weighted by Crippen LogP contribution is 2.05. The Kier molecular flexibility index (Phi) is 4.86. The summed E-state index contributed by atoms with van der Waals surface area (Å²) in [5.74, 6) is 0.156. The third-order valence-electron chi connectivity index (χ3n) is 2.46. The predicted octanol–water partition coefficient (Wildman–Crippen LogP) is 2.67. The van der Waals surface area contributed by atoms with E-state index in [-0.39, 0.29) is 5.92 Å². The fourth-order valence-electron chi connectivity index (χ4n) is 1.45. The van der Waals surface area contributed by atoms with E-state index in [0.717, 1.165) is 19.5 Å². The monoisotopic (exact) mass is 202 g/mol. The summed E-state index contributed by atoms with van der Waals surface area (Å²) < 4.78 is 0. The van der Waals surface area contributed by atoms with Gasteiger partial charge in [-0.25, -0.2) is 0 Å². The van der Waals surface area contributed by atoms with Crippen LogP contribution in [0.25, 0.3) is 0 Å². The molecule has 80 valence electrons. The summed E-state index contributed by atoms with van der Waals surface area (Å²) in [5.41, 5.74) is 1.32. The Balaban J connectivity index is 2.31. The van der Waals surface area contributed by atoms with Crippen LogP contribution in [0.3, 0.4) is 0 Å². The van der Waals surface area contributed by atoms with Gasteiger partial charge in [0.1, 0.15) is 0 Å². The van der Waals surface area contributed by atoms with Crippen molar-refractivity contribution in [3.05, 3.63) is 35.9 Å². The second kappa shape index (κ2) is 6.21. The van der Waals surface area contributed by atoms with Gasteiger partial charge < -0.3 is 4.90 Å². The molecule has 0 aromatic heterocycles. The number of benzene rings is 1. The van der Waals surface area contributed by atoms with E-state index >= 15 is 0 Å². The average Bonchev–Trinajstić information content (AvgIpc) is 2.27. The minimum absolute atomic E-state index is 0.156. The Bertz CT molecular complexity index is 313. The highest BCUT2D eigenvalue weighted by Gasteiger charge is 2.03. The van der Waals surface area contributed by atoms with Gasteiger partial charge in [0, 0.05) is 12.5 Å². The molecule has 1 unspecified atom stereocenters. The second-order valence-electron chi connectivity index (χ2n) is 4.04. The number of hydrogen-bond acceptors (Lipinski definition) is 2. The fourth-order valence-corrected chi connectivity index (χ4v) is 1.45. The van der Waals surface area contributed by atoms with Crippen LogP contribution in [-0.2, 0) is 6.54 Å². The van der Waals surface area contributed by atoms with Gasteiger partial charge in [-0.1, -0.05) is 30.3 Å². The summed E-state index contributed by atoms with van der Waals surface area (Å²) in [6, 6.07) is 12.7. The van der Waals surface area contributed by atoms with Crippen LogP contribution in [0, 0.1) is 17.2 Å². The largest absolute Gasteiger partial charge is 0.302 e. The van der Waals surface area contributed by atoms with Crippen LogP contribution in [0.5, 0.6) is 0 Å². The number of rotatable bonds is 5. The molecule has 1 atom stereocenters. The van der Waals surface area contributed by atoms with Gasteiger partial charge in [-0.15, -0.1) is 0 Å².